The third-order valence-corrected chi connectivity index (χ3v) is 6.11. The minimum atomic E-state index is -0.0219. The molecule has 0 fully saturated rings. The SMILES string of the molecule is CCCCC(=O)Nc1cncc(-c2cc3c(-c4nc5c(-c6cccnc6)cncc5[nH]4)n[nH]c3cn2)c1. The molecular formula is C27H23N9O. The first-order valence-corrected chi connectivity index (χ1v) is 12.0. The van der Waals surface area contributed by atoms with E-state index in [0.717, 1.165) is 51.5 Å². The van der Waals surface area contributed by atoms with Gasteiger partial charge in [0, 0.05) is 53.3 Å². The topological polar surface area (TPSA) is 138 Å². The van der Waals surface area contributed by atoms with E-state index in [1.165, 1.54) is 0 Å². The Labute approximate surface area is 211 Å². The molecule has 0 saturated carbocycles. The number of fused-ring (bicyclic) bond motifs is 2. The molecule has 0 aliphatic heterocycles. The lowest BCUT2D eigenvalue weighted by atomic mass is 10.1. The van der Waals surface area contributed by atoms with E-state index in [0.29, 0.717) is 29.3 Å². The van der Waals surface area contributed by atoms with Crippen molar-refractivity contribution in [2.24, 2.45) is 0 Å². The van der Waals surface area contributed by atoms with Crippen LogP contribution >= 0.6 is 0 Å². The summed E-state index contributed by atoms with van der Waals surface area (Å²) in [5, 5.41) is 11.3. The second kappa shape index (κ2) is 9.57. The quantitative estimate of drug-likeness (QED) is 0.282. The van der Waals surface area contributed by atoms with Crippen molar-refractivity contribution in [1.82, 2.24) is 40.1 Å². The zero-order chi connectivity index (χ0) is 25.2. The Morgan fingerprint density at radius 2 is 1.86 bits per heavy atom. The van der Waals surface area contributed by atoms with Gasteiger partial charge < -0.3 is 10.3 Å². The zero-order valence-corrected chi connectivity index (χ0v) is 20.1. The van der Waals surface area contributed by atoms with Crippen molar-refractivity contribution < 1.29 is 4.79 Å². The molecule has 10 nitrogen and oxygen atoms in total. The number of aromatic amines is 2. The number of imidazole rings is 1. The minimum Gasteiger partial charge on any atom is -0.335 e. The van der Waals surface area contributed by atoms with Crippen LogP contribution < -0.4 is 5.32 Å². The van der Waals surface area contributed by atoms with Crippen LogP contribution in [0.2, 0.25) is 0 Å². The molecule has 6 rings (SSSR count). The standard InChI is InChI=1S/C27H23N9O/c1-2-3-6-24(37)32-18-8-17(11-29-12-18)21-9-19-22(15-31-21)35-36-26(19)27-33-23-14-30-13-20(25(23)34-27)16-5-4-7-28-10-16/h4-5,7-15H,2-3,6H2,1H3,(H,32,37)(H,33,34)(H,35,36). The molecule has 0 bridgehead atoms. The normalized spacial score (nSPS) is 11.3. The fourth-order valence-electron chi connectivity index (χ4n) is 4.24. The highest BCUT2D eigenvalue weighted by atomic mass is 16.1. The predicted octanol–water partition coefficient (Wildman–Crippen LogP) is 5.15. The Morgan fingerprint density at radius 3 is 2.73 bits per heavy atom. The Bertz CT molecular complexity index is 1720. The molecule has 6 heterocycles. The summed E-state index contributed by atoms with van der Waals surface area (Å²) < 4.78 is 0. The summed E-state index contributed by atoms with van der Waals surface area (Å²) >= 11 is 0. The highest BCUT2D eigenvalue weighted by Crippen LogP contribution is 2.32. The van der Waals surface area contributed by atoms with Crippen molar-refractivity contribution >= 4 is 33.5 Å². The van der Waals surface area contributed by atoms with Gasteiger partial charge in [-0.2, -0.15) is 5.10 Å². The Morgan fingerprint density at radius 1 is 0.973 bits per heavy atom. The lowest BCUT2D eigenvalue weighted by Crippen LogP contribution is -2.11. The lowest BCUT2D eigenvalue weighted by molar-refractivity contribution is -0.116. The molecule has 37 heavy (non-hydrogen) atoms. The average Bonchev–Trinajstić information content (AvgIpc) is 3.56. The second-order valence-electron chi connectivity index (χ2n) is 8.71. The van der Waals surface area contributed by atoms with Crippen LogP contribution in [0, 0.1) is 0 Å². The van der Waals surface area contributed by atoms with Gasteiger partial charge in [0.15, 0.2) is 5.82 Å². The first-order valence-electron chi connectivity index (χ1n) is 12.0. The number of amides is 1. The Balaban J connectivity index is 1.37. The molecule has 0 aliphatic carbocycles. The molecule has 10 heteroatoms. The van der Waals surface area contributed by atoms with Gasteiger partial charge in [-0.1, -0.05) is 19.4 Å². The molecule has 182 valence electrons. The van der Waals surface area contributed by atoms with E-state index in [4.69, 9.17) is 4.98 Å². The number of carbonyl (C=O) groups excluding carboxylic acids is 1. The van der Waals surface area contributed by atoms with Crippen molar-refractivity contribution in [3.8, 4) is 33.9 Å². The summed E-state index contributed by atoms with van der Waals surface area (Å²) in [4.78, 5) is 37.9. The van der Waals surface area contributed by atoms with Gasteiger partial charge >= 0.3 is 0 Å². The summed E-state index contributed by atoms with van der Waals surface area (Å²) in [5.74, 6) is 0.595. The molecule has 0 aromatic carbocycles. The molecular weight excluding hydrogens is 466 g/mol. The number of H-pyrrole nitrogens is 2. The number of nitrogens with one attached hydrogen (secondary N) is 3. The third-order valence-electron chi connectivity index (χ3n) is 6.11. The van der Waals surface area contributed by atoms with E-state index in [9.17, 15) is 4.79 Å². The number of carbonyl (C=O) groups is 1. The molecule has 0 unspecified atom stereocenters. The summed E-state index contributed by atoms with van der Waals surface area (Å²) in [5.41, 5.74) is 7.00. The molecule has 0 radical (unpaired) electrons. The lowest BCUT2D eigenvalue weighted by Gasteiger charge is -2.07. The maximum atomic E-state index is 12.2. The monoisotopic (exact) mass is 489 g/mol. The summed E-state index contributed by atoms with van der Waals surface area (Å²) in [6.45, 7) is 2.06. The number of hydrogen-bond donors (Lipinski definition) is 3. The van der Waals surface area contributed by atoms with Gasteiger partial charge in [-0.05, 0) is 24.6 Å². The number of anilines is 1. The van der Waals surface area contributed by atoms with E-state index >= 15 is 0 Å². The molecule has 0 spiro atoms. The van der Waals surface area contributed by atoms with Crippen molar-refractivity contribution in [2.75, 3.05) is 5.32 Å². The van der Waals surface area contributed by atoms with Gasteiger partial charge in [0.05, 0.1) is 41.0 Å². The Hall–Kier alpha value is -4.99. The number of nitrogens with zero attached hydrogens (tertiary/aromatic N) is 6. The molecule has 0 saturated heterocycles. The van der Waals surface area contributed by atoms with Crippen LogP contribution in [0.15, 0.2) is 67.6 Å². The third kappa shape index (κ3) is 4.40. The highest BCUT2D eigenvalue weighted by Gasteiger charge is 2.17. The number of hydrogen-bond acceptors (Lipinski definition) is 7. The van der Waals surface area contributed by atoms with E-state index in [1.807, 2.05) is 24.3 Å². The molecule has 6 aromatic heterocycles. The fourth-order valence-corrected chi connectivity index (χ4v) is 4.24. The maximum absolute atomic E-state index is 12.2. The van der Waals surface area contributed by atoms with Gasteiger partial charge in [0.2, 0.25) is 5.91 Å². The van der Waals surface area contributed by atoms with Crippen molar-refractivity contribution in [3.05, 3.63) is 67.6 Å². The van der Waals surface area contributed by atoms with Gasteiger partial charge in [-0.15, -0.1) is 0 Å². The first-order chi connectivity index (χ1) is 18.2. The van der Waals surface area contributed by atoms with Crippen LogP contribution in [0.1, 0.15) is 26.2 Å². The van der Waals surface area contributed by atoms with Gasteiger partial charge in [-0.3, -0.25) is 29.8 Å². The first kappa shape index (κ1) is 22.5. The van der Waals surface area contributed by atoms with Gasteiger partial charge in [0.1, 0.15) is 11.2 Å². The van der Waals surface area contributed by atoms with Crippen LogP contribution in [-0.4, -0.2) is 46.0 Å². The van der Waals surface area contributed by atoms with Gasteiger partial charge in [0.25, 0.3) is 0 Å². The molecule has 6 aromatic rings. The van der Waals surface area contributed by atoms with Crippen molar-refractivity contribution in [1.29, 1.82) is 0 Å². The van der Waals surface area contributed by atoms with Gasteiger partial charge in [-0.25, -0.2) is 4.98 Å². The second-order valence-corrected chi connectivity index (χ2v) is 8.71. The molecule has 1 amide bonds. The summed E-state index contributed by atoms with van der Waals surface area (Å²) in [7, 11) is 0. The fraction of sp³-hybridized carbons (Fsp3) is 0.148. The van der Waals surface area contributed by atoms with E-state index < -0.39 is 0 Å². The largest absolute Gasteiger partial charge is 0.335 e. The molecule has 0 aliphatic rings. The molecule has 0 atom stereocenters. The van der Waals surface area contributed by atoms with E-state index in [2.05, 4.69) is 47.4 Å². The van der Waals surface area contributed by atoms with Crippen LogP contribution in [0.4, 0.5) is 5.69 Å². The summed E-state index contributed by atoms with van der Waals surface area (Å²) in [6, 6.07) is 7.69. The number of pyridine rings is 4. The maximum Gasteiger partial charge on any atom is 0.224 e. The number of aromatic nitrogens is 8. The number of unbranched alkanes of at least 4 members (excludes halogenated alkanes) is 1. The minimum absolute atomic E-state index is 0.0219. The van der Waals surface area contributed by atoms with E-state index in [-0.39, 0.29) is 5.91 Å². The van der Waals surface area contributed by atoms with Crippen molar-refractivity contribution in [2.45, 2.75) is 26.2 Å². The van der Waals surface area contributed by atoms with Crippen LogP contribution in [0.5, 0.6) is 0 Å². The molecule has 3 N–H and O–H groups in total. The Kier molecular flexibility index (Phi) is 5.81. The van der Waals surface area contributed by atoms with Crippen LogP contribution in [0.25, 0.3) is 55.8 Å². The highest BCUT2D eigenvalue weighted by molar-refractivity contribution is 5.97. The van der Waals surface area contributed by atoms with E-state index in [1.54, 1.807) is 43.4 Å². The van der Waals surface area contributed by atoms with Crippen LogP contribution in [-0.2, 0) is 4.79 Å². The zero-order valence-electron chi connectivity index (χ0n) is 20.1. The predicted molar refractivity (Wildman–Crippen MR) is 141 cm³/mol. The number of rotatable bonds is 7. The van der Waals surface area contributed by atoms with Crippen LogP contribution in [0.3, 0.4) is 0 Å². The average molecular weight is 490 g/mol. The smallest absolute Gasteiger partial charge is 0.224 e. The van der Waals surface area contributed by atoms with Crippen molar-refractivity contribution in [3.63, 3.8) is 0 Å². The summed E-state index contributed by atoms with van der Waals surface area (Å²) in [6.07, 6.45) is 14.5.